The average Bonchev–Trinajstić information content (AvgIpc) is 2.41. The van der Waals surface area contributed by atoms with Gasteiger partial charge in [0.15, 0.2) is 0 Å². The van der Waals surface area contributed by atoms with E-state index in [0.29, 0.717) is 13.0 Å². The molecule has 1 rings (SSSR count). The van der Waals surface area contributed by atoms with Gasteiger partial charge in [0.1, 0.15) is 6.04 Å². The van der Waals surface area contributed by atoms with Gasteiger partial charge in [-0.25, -0.2) is 4.79 Å². The quantitative estimate of drug-likeness (QED) is 0.619. The molecule has 7 nitrogen and oxygen atoms in total. The minimum atomic E-state index is -0.932. The van der Waals surface area contributed by atoms with Crippen molar-refractivity contribution >= 4 is 17.9 Å². The first-order valence-electron chi connectivity index (χ1n) is 5.57. The summed E-state index contributed by atoms with van der Waals surface area (Å²) in [7, 11) is 0. The molecule has 0 bridgehead atoms. The zero-order valence-corrected chi connectivity index (χ0v) is 9.52. The van der Waals surface area contributed by atoms with Crippen molar-refractivity contribution in [2.75, 3.05) is 13.1 Å². The Hall–Kier alpha value is -1.63. The number of rotatable bonds is 3. The van der Waals surface area contributed by atoms with E-state index in [1.54, 1.807) is 4.90 Å². The monoisotopic (exact) mass is 243 g/mol. The number of carbonyl (C=O) groups is 3. The molecule has 0 radical (unpaired) electrons. The Balaban J connectivity index is 2.60. The molecule has 0 aromatic heterocycles. The molecule has 0 aliphatic carbocycles. The summed E-state index contributed by atoms with van der Waals surface area (Å²) in [5.74, 6) is -1.50. The maximum absolute atomic E-state index is 11.4. The maximum Gasteiger partial charge on any atom is 0.320 e. The van der Waals surface area contributed by atoms with Crippen LogP contribution in [0, 0.1) is 0 Å². The fourth-order valence-electron chi connectivity index (χ4n) is 2.00. The summed E-state index contributed by atoms with van der Waals surface area (Å²) in [5.41, 5.74) is 4.82. The first-order chi connectivity index (χ1) is 8.00. The second-order valence-electron chi connectivity index (χ2n) is 4.09. The molecule has 1 unspecified atom stereocenters. The summed E-state index contributed by atoms with van der Waals surface area (Å²) in [6, 6.07) is -1.58. The molecular weight excluding hydrogens is 226 g/mol. The standard InChI is InChI=1S/C10H17N3O4/c11-10(17)12-8(14)6-13-5-3-1-2-4-7(13)9(15)16/h7H,1-6H2,(H,15,16)(H3,11,12,14,17). The van der Waals surface area contributed by atoms with Crippen molar-refractivity contribution in [2.24, 2.45) is 5.73 Å². The molecule has 1 aliphatic rings. The fourth-order valence-corrected chi connectivity index (χ4v) is 2.00. The number of nitrogens with one attached hydrogen (secondary N) is 1. The molecule has 7 heteroatoms. The minimum absolute atomic E-state index is 0.111. The number of amides is 3. The van der Waals surface area contributed by atoms with Crippen LogP contribution in [0.3, 0.4) is 0 Å². The van der Waals surface area contributed by atoms with Crippen LogP contribution >= 0.6 is 0 Å². The molecule has 0 saturated carbocycles. The lowest BCUT2D eigenvalue weighted by Crippen LogP contribution is -2.48. The van der Waals surface area contributed by atoms with E-state index in [-0.39, 0.29) is 6.54 Å². The van der Waals surface area contributed by atoms with Crippen molar-refractivity contribution in [3.05, 3.63) is 0 Å². The summed E-state index contributed by atoms with van der Waals surface area (Å²) < 4.78 is 0. The Bertz CT molecular complexity index is 319. The van der Waals surface area contributed by atoms with Gasteiger partial charge in [0, 0.05) is 0 Å². The van der Waals surface area contributed by atoms with Crippen molar-refractivity contribution in [1.82, 2.24) is 10.2 Å². The normalized spacial score (nSPS) is 21.5. The molecule has 0 aromatic carbocycles. The second-order valence-corrected chi connectivity index (χ2v) is 4.09. The van der Waals surface area contributed by atoms with Crippen molar-refractivity contribution in [3.8, 4) is 0 Å². The number of urea groups is 1. The Morgan fingerprint density at radius 3 is 2.59 bits per heavy atom. The third kappa shape index (κ3) is 4.39. The Kier molecular flexibility index (Phi) is 4.89. The lowest BCUT2D eigenvalue weighted by Gasteiger charge is -2.25. The van der Waals surface area contributed by atoms with Crippen molar-refractivity contribution in [1.29, 1.82) is 0 Å². The Labute approximate surface area is 98.9 Å². The molecule has 96 valence electrons. The second kappa shape index (κ2) is 6.19. The van der Waals surface area contributed by atoms with Crippen molar-refractivity contribution < 1.29 is 19.5 Å². The highest BCUT2D eigenvalue weighted by atomic mass is 16.4. The van der Waals surface area contributed by atoms with E-state index < -0.39 is 23.9 Å². The van der Waals surface area contributed by atoms with E-state index in [9.17, 15) is 14.4 Å². The van der Waals surface area contributed by atoms with Crippen molar-refractivity contribution in [2.45, 2.75) is 31.7 Å². The number of hydrogen-bond donors (Lipinski definition) is 3. The molecule has 1 saturated heterocycles. The van der Waals surface area contributed by atoms with Gasteiger partial charge in [0.25, 0.3) is 0 Å². The number of carboxylic acids is 1. The number of carboxylic acid groups (broad SMARTS) is 1. The lowest BCUT2D eigenvalue weighted by atomic mass is 10.1. The van der Waals surface area contributed by atoms with Crippen molar-refractivity contribution in [3.63, 3.8) is 0 Å². The molecule has 1 heterocycles. The summed E-state index contributed by atoms with van der Waals surface area (Å²) in [6.45, 7) is 0.434. The fraction of sp³-hybridized carbons (Fsp3) is 0.700. The van der Waals surface area contributed by atoms with Gasteiger partial charge >= 0.3 is 12.0 Å². The number of primary amides is 1. The average molecular weight is 243 g/mol. The molecule has 17 heavy (non-hydrogen) atoms. The van der Waals surface area contributed by atoms with Crippen LogP contribution in [0.5, 0.6) is 0 Å². The van der Waals surface area contributed by atoms with E-state index >= 15 is 0 Å². The van der Waals surface area contributed by atoms with E-state index in [1.807, 2.05) is 5.32 Å². The van der Waals surface area contributed by atoms with Gasteiger partial charge in [0.05, 0.1) is 6.54 Å². The van der Waals surface area contributed by atoms with Gasteiger partial charge in [-0.15, -0.1) is 0 Å². The first-order valence-corrected chi connectivity index (χ1v) is 5.57. The molecule has 0 aromatic rings. The molecular formula is C10H17N3O4. The summed E-state index contributed by atoms with van der Waals surface area (Å²) in [6.07, 6.45) is 3.18. The van der Waals surface area contributed by atoms with E-state index in [1.165, 1.54) is 0 Å². The minimum Gasteiger partial charge on any atom is -0.480 e. The highest BCUT2D eigenvalue weighted by molar-refractivity contribution is 5.94. The molecule has 1 fully saturated rings. The number of nitrogens with zero attached hydrogens (tertiary/aromatic N) is 1. The van der Waals surface area contributed by atoms with Crippen LogP contribution in [0.1, 0.15) is 25.7 Å². The van der Waals surface area contributed by atoms with Crippen LogP contribution in [-0.2, 0) is 9.59 Å². The Morgan fingerprint density at radius 1 is 1.29 bits per heavy atom. The molecule has 3 amide bonds. The molecule has 1 atom stereocenters. The summed E-state index contributed by atoms with van der Waals surface area (Å²) in [5, 5.41) is 11.0. The summed E-state index contributed by atoms with van der Waals surface area (Å²) in [4.78, 5) is 34.5. The smallest absolute Gasteiger partial charge is 0.320 e. The zero-order chi connectivity index (χ0) is 12.8. The molecule has 0 spiro atoms. The lowest BCUT2D eigenvalue weighted by molar-refractivity contribution is -0.143. The third-order valence-corrected chi connectivity index (χ3v) is 2.76. The van der Waals surface area contributed by atoms with E-state index in [2.05, 4.69) is 0 Å². The third-order valence-electron chi connectivity index (χ3n) is 2.76. The van der Waals surface area contributed by atoms with Crippen LogP contribution in [0.4, 0.5) is 4.79 Å². The highest BCUT2D eigenvalue weighted by Gasteiger charge is 2.28. The summed E-state index contributed by atoms with van der Waals surface area (Å²) >= 11 is 0. The van der Waals surface area contributed by atoms with Crippen LogP contribution < -0.4 is 11.1 Å². The number of hydrogen-bond acceptors (Lipinski definition) is 4. The van der Waals surface area contributed by atoms with Gasteiger partial charge in [-0.3, -0.25) is 19.8 Å². The first kappa shape index (κ1) is 13.4. The number of aliphatic carboxylic acids is 1. The zero-order valence-electron chi connectivity index (χ0n) is 9.52. The molecule has 1 aliphatic heterocycles. The Morgan fingerprint density at radius 2 is 2.00 bits per heavy atom. The van der Waals surface area contributed by atoms with Gasteiger partial charge < -0.3 is 10.8 Å². The predicted octanol–water partition coefficient (Wildman–Crippen LogP) is -0.490. The van der Waals surface area contributed by atoms with Gasteiger partial charge in [-0.1, -0.05) is 12.8 Å². The predicted molar refractivity (Wildman–Crippen MR) is 59.2 cm³/mol. The van der Waals surface area contributed by atoms with Crippen LogP contribution in [0.25, 0.3) is 0 Å². The van der Waals surface area contributed by atoms with E-state index in [4.69, 9.17) is 10.8 Å². The van der Waals surface area contributed by atoms with Crippen LogP contribution in [0.2, 0.25) is 0 Å². The number of nitrogens with two attached hydrogens (primary N) is 1. The van der Waals surface area contributed by atoms with Gasteiger partial charge in [0.2, 0.25) is 5.91 Å². The topological polar surface area (TPSA) is 113 Å². The van der Waals surface area contributed by atoms with Gasteiger partial charge in [-0.2, -0.15) is 0 Å². The SMILES string of the molecule is NC(=O)NC(=O)CN1CCCCCC1C(=O)O. The number of likely N-dealkylation sites (tertiary alicyclic amines) is 1. The maximum atomic E-state index is 11.4. The van der Waals surface area contributed by atoms with Crippen LogP contribution in [0.15, 0.2) is 0 Å². The number of imide groups is 1. The molecule has 4 N–H and O–H groups in total. The van der Waals surface area contributed by atoms with Gasteiger partial charge in [-0.05, 0) is 19.4 Å². The highest BCUT2D eigenvalue weighted by Crippen LogP contribution is 2.16. The van der Waals surface area contributed by atoms with E-state index in [0.717, 1.165) is 19.3 Å². The number of carbonyl (C=O) groups excluding carboxylic acids is 2. The largest absolute Gasteiger partial charge is 0.480 e. The van der Waals surface area contributed by atoms with Crippen LogP contribution in [-0.4, -0.2) is 47.0 Å².